The predicted molar refractivity (Wildman–Crippen MR) is 55.2 cm³/mol. The topological polar surface area (TPSA) is 47.6 Å². The van der Waals surface area contributed by atoms with E-state index in [1.165, 1.54) is 0 Å². The first kappa shape index (κ1) is 13.4. The van der Waals surface area contributed by atoms with Gasteiger partial charge in [-0.1, -0.05) is 6.92 Å². The summed E-state index contributed by atoms with van der Waals surface area (Å²) in [5.74, 6) is -0.296. The SMILES string of the molecule is CCCNCCOCC(=O)OC(C)C. The molecule has 14 heavy (non-hydrogen) atoms. The van der Waals surface area contributed by atoms with Gasteiger partial charge in [-0.3, -0.25) is 0 Å². The van der Waals surface area contributed by atoms with Gasteiger partial charge in [0.15, 0.2) is 0 Å². The van der Waals surface area contributed by atoms with Gasteiger partial charge in [-0.15, -0.1) is 0 Å². The molecule has 0 radical (unpaired) electrons. The van der Waals surface area contributed by atoms with Crippen LogP contribution in [0, 0.1) is 0 Å². The molecule has 0 aromatic rings. The molecule has 0 aromatic heterocycles. The second-order valence-corrected chi connectivity index (χ2v) is 3.34. The summed E-state index contributed by atoms with van der Waals surface area (Å²) in [4.78, 5) is 11.0. The van der Waals surface area contributed by atoms with Crippen LogP contribution in [0.2, 0.25) is 0 Å². The normalized spacial score (nSPS) is 10.6. The van der Waals surface area contributed by atoms with Crippen molar-refractivity contribution in [2.24, 2.45) is 0 Å². The Labute approximate surface area is 86.0 Å². The molecule has 1 N–H and O–H groups in total. The summed E-state index contributed by atoms with van der Waals surface area (Å²) in [6.45, 7) is 8.11. The molecule has 0 aromatic carbocycles. The lowest BCUT2D eigenvalue weighted by Crippen LogP contribution is -2.23. The van der Waals surface area contributed by atoms with E-state index in [2.05, 4.69) is 12.2 Å². The molecule has 84 valence electrons. The standard InChI is InChI=1S/C10H21NO3/c1-4-5-11-6-7-13-8-10(12)14-9(2)3/h9,11H,4-8H2,1-3H3. The van der Waals surface area contributed by atoms with Crippen molar-refractivity contribution in [2.75, 3.05) is 26.3 Å². The minimum absolute atomic E-state index is 0.0476. The van der Waals surface area contributed by atoms with Crippen LogP contribution in [0.3, 0.4) is 0 Å². The molecule has 0 saturated carbocycles. The van der Waals surface area contributed by atoms with Gasteiger partial charge in [0.05, 0.1) is 12.7 Å². The van der Waals surface area contributed by atoms with Crippen molar-refractivity contribution in [3.63, 3.8) is 0 Å². The van der Waals surface area contributed by atoms with Gasteiger partial charge in [0.2, 0.25) is 0 Å². The highest BCUT2D eigenvalue weighted by Gasteiger charge is 2.04. The van der Waals surface area contributed by atoms with E-state index in [1.54, 1.807) is 0 Å². The molecule has 0 rings (SSSR count). The second kappa shape index (κ2) is 8.97. The van der Waals surface area contributed by atoms with Crippen molar-refractivity contribution in [3.05, 3.63) is 0 Å². The molecule has 0 fully saturated rings. The predicted octanol–water partition coefficient (Wildman–Crippen LogP) is 0.954. The average Bonchev–Trinajstić information content (AvgIpc) is 2.10. The van der Waals surface area contributed by atoms with Gasteiger partial charge in [-0.05, 0) is 26.8 Å². The fourth-order valence-corrected chi connectivity index (χ4v) is 0.899. The summed E-state index contributed by atoms with van der Waals surface area (Å²) in [7, 11) is 0. The van der Waals surface area contributed by atoms with E-state index in [4.69, 9.17) is 9.47 Å². The smallest absolute Gasteiger partial charge is 0.332 e. The monoisotopic (exact) mass is 203 g/mol. The van der Waals surface area contributed by atoms with Crippen LogP contribution >= 0.6 is 0 Å². The Balaban J connectivity index is 3.15. The number of ether oxygens (including phenoxy) is 2. The highest BCUT2D eigenvalue weighted by atomic mass is 16.6. The van der Waals surface area contributed by atoms with Gasteiger partial charge in [0.25, 0.3) is 0 Å². The van der Waals surface area contributed by atoms with Gasteiger partial charge in [0, 0.05) is 6.54 Å². The van der Waals surface area contributed by atoms with Crippen molar-refractivity contribution in [3.8, 4) is 0 Å². The Morgan fingerprint density at radius 1 is 1.36 bits per heavy atom. The molecular formula is C10H21NO3. The second-order valence-electron chi connectivity index (χ2n) is 3.34. The minimum Gasteiger partial charge on any atom is -0.461 e. The summed E-state index contributed by atoms with van der Waals surface area (Å²) in [6, 6.07) is 0. The zero-order valence-corrected chi connectivity index (χ0v) is 9.34. The molecule has 4 nitrogen and oxygen atoms in total. The Kier molecular flexibility index (Phi) is 8.57. The summed E-state index contributed by atoms with van der Waals surface area (Å²) in [5.41, 5.74) is 0. The minimum atomic E-state index is -0.296. The number of rotatable bonds is 8. The zero-order chi connectivity index (χ0) is 10.8. The van der Waals surface area contributed by atoms with Gasteiger partial charge in [0.1, 0.15) is 6.61 Å². The molecule has 0 amide bonds. The molecule has 0 spiro atoms. The summed E-state index contributed by atoms with van der Waals surface area (Å²) in [5, 5.41) is 3.17. The number of carbonyl (C=O) groups is 1. The van der Waals surface area contributed by atoms with Crippen LogP contribution in [0.25, 0.3) is 0 Å². The molecule has 0 unspecified atom stereocenters. The van der Waals surface area contributed by atoms with Crippen LogP contribution in [0.4, 0.5) is 0 Å². The molecular weight excluding hydrogens is 182 g/mol. The zero-order valence-electron chi connectivity index (χ0n) is 9.34. The van der Waals surface area contributed by atoms with Crippen molar-refractivity contribution >= 4 is 5.97 Å². The van der Waals surface area contributed by atoms with Crippen LogP contribution in [0.1, 0.15) is 27.2 Å². The maximum absolute atomic E-state index is 11.0. The maximum Gasteiger partial charge on any atom is 0.332 e. The molecule has 0 atom stereocenters. The summed E-state index contributed by atoms with van der Waals surface area (Å²) >= 11 is 0. The van der Waals surface area contributed by atoms with Gasteiger partial charge >= 0.3 is 5.97 Å². The fourth-order valence-electron chi connectivity index (χ4n) is 0.899. The molecule has 0 aliphatic carbocycles. The van der Waals surface area contributed by atoms with E-state index >= 15 is 0 Å². The van der Waals surface area contributed by atoms with Gasteiger partial charge < -0.3 is 14.8 Å². The maximum atomic E-state index is 11.0. The number of nitrogens with one attached hydrogen (secondary N) is 1. The third-order valence-electron chi connectivity index (χ3n) is 1.44. The molecule has 4 heteroatoms. The van der Waals surface area contributed by atoms with E-state index in [0.717, 1.165) is 19.5 Å². The molecule has 0 aliphatic rings. The van der Waals surface area contributed by atoms with Crippen molar-refractivity contribution in [1.82, 2.24) is 5.32 Å². The Bertz CT molecular complexity index is 148. The van der Waals surface area contributed by atoms with Crippen LogP contribution in [0.5, 0.6) is 0 Å². The third kappa shape index (κ3) is 9.48. The lowest BCUT2D eigenvalue weighted by Gasteiger charge is -2.08. The van der Waals surface area contributed by atoms with Crippen LogP contribution in [-0.4, -0.2) is 38.4 Å². The highest BCUT2D eigenvalue weighted by Crippen LogP contribution is 1.89. The quantitative estimate of drug-likeness (QED) is 0.471. The molecule has 0 saturated heterocycles. The molecule has 0 heterocycles. The Morgan fingerprint density at radius 2 is 2.07 bits per heavy atom. The largest absolute Gasteiger partial charge is 0.461 e. The number of hydrogen-bond donors (Lipinski definition) is 1. The van der Waals surface area contributed by atoms with Crippen LogP contribution in [-0.2, 0) is 14.3 Å². The van der Waals surface area contributed by atoms with E-state index in [0.29, 0.717) is 6.61 Å². The Morgan fingerprint density at radius 3 is 2.64 bits per heavy atom. The average molecular weight is 203 g/mol. The Hall–Kier alpha value is -0.610. The number of esters is 1. The first-order chi connectivity index (χ1) is 6.66. The molecule has 0 bridgehead atoms. The van der Waals surface area contributed by atoms with Crippen molar-refractivity contribution < 1.29 is 14.3 Å². The number of hydrogen-bond acceptors (Lipinski definition) is 4. The van der Waals surface area contributed by atoms with Crippen LogP contribution < -0.4 is 5.32 Å². The van der Waals surface area contributed by atoms with Gasteiger partial charge in [-0.25, -0.2) is 4.79 Å². The first-order valence-corrected chi connectivity index (χ1v) is 5.14. The third-order valence-corrected chi connectivity index (χ3v) is 1.44. The van der Waals surface area contributed by atoms with E-state index in [-0.39, 0.29) is 18.7 Å². The molecule has 0 aliphatic heterocycles. The lowest BCUT2D eigenvalue weighted by atomic mass is 10.5. The van der Waals surface area contributed by atoms with Crippen molar-refractivity contribution in [1.29, 1.82) is 0 Å². The highest BCUT2D eigenvalue weighted by molar-refractivity contribution is 5.70. The summed E-state index contributed by atoms with van der Waals surface area (Å²) < 4.78 is 10.00. The van der Waals surface area contributed by atoms with Crippen LogP contribution in [0.15, 0.2) is 0 Å². The van der Waals surface area contributed by atoms with Crippen molar-refractivity contribution in [2.45, 2.75) is 33.3 Å². The van der Waals surface area contributed by atoms with E-state index in [9.17, 15) is 4.79 Å². The first-order valence-electron chi connectivity index (χ1n) is 5.14. The van der Waals surface area contributed by atoms with E-state index < -0.39 is 0 Å². The lowest BCUT2D eigenvalue weighted by molar-refractivity contribution is -0.152. The number of carbonyl (C=O) groups excluding carboxylic acids is 1. The summed E-state index contributed by atoms with van der Waals surface area (Å²) in [6.07, 6.45) is 1.04. The van der Waals surface area contributed by atoms with E-state index in [1.807, 2.05) is 13.8 Å². The van der Waals surface area contributed by atoms with Gasteiger partial charge in [-0.2, -0.15) is 0 Å². The fraction of sp³-hybridized carbons (Fsp3) is 0.900.